The van der Waals surface area contributed by atoms with Crippen LogP contribution in [0.15, 0.2) is 0 Å². The summed E-state index contributed by atoms with van der Waals surface area (Å²) < 4.78 is 0. The fraction of sp³-hybridized carbons (Fsp3) is 0.846. The van der Waals surface area contributed by atoms with Crippen molar-refractivity contribution < 1.29 is 9.59 Å². The minimum atomic E-state index is -0.489. The van der Waals surface area contributed by atoms with Gasteiger partial charge in [-0.15, -0.1) is 0 Å². The Morgan fingerprint density at radius 3 is 2.79 bits per heavy atom. The largest absolute Gasteiger partial charge is 0.352 e. The van der Waals surface area contributed by atoms with Gasteiger partial charge in [0.1, 0.15) is 0 Å². The molecule has 2 rings (SSSR count). The predicted molar refractivity (Wildman–Crippen MR) is 72.5 cm³/mol. The normalized spacial score (nSPS) is 27.9. The summed E-state index contributed by atoms with van der Waals surface area (Å²) in [6.07, 6.45) is 5.28. The molecule has 0 aromatic heterocycles. The van der Waals surface area contributed by atoms with Gasteiger partial charge in [0.2, 0.25) is 5.91 Å². The Hall–Kier alpha value is -1.30. The van der Waals surface area contributed by atoms with Gasteiger partial charge in [0.15, 0.2) is 0 Å². The third-order valence-electron chi connectivity index (χ3n) is 4.00. The van der Waals surface area contributed by atoms with Crippen LogP contribution in [0.3, 0.4) is 0 Å². The predicted octanol–water partition coefficient (Wildman–Crippen LogP) is 0.0354. The number of nitrogens with two attached hydrogens (primary N) is 1. The maximum atomic E-state index is 12.4. The Balaban J connectivity index is 1.82. The van der Waals surface area contributed by atoms with E-state index in [0.29, 0.717) is 12.5 Å². The molecule has 6 heteroatoms. The van der Waals surface area contributed by atoms with Gasteiger partial charge in [-0.25, -0.2) is 4.79 Å². The van der Waals surface area contributed by atoms with Crippen LogP contribution in [0, 0.1) is 5.92 Å². The zero-order chi connectivity index (χ0) is 13.7. The molecule has 4 N–H and O–H groups in total. The monoisotopic (exact) mass is 268 g/mol. The van der Waals surface area contributed by atoms with Gasteiger partial charge >= 0.3 is 6.03 Å². The zero-order valence-corrected chi connectivity index (χ0v) is 11.4. The summed E-state index contributed by atoms with van der Waals surface area (Å²) in [6, 6.07) is -0.492. The van der Waals surface area contributed by atoms with E-state index >= 15 is 0 Å². The number of urea groups is 1. The van der Waals surface area contributed by atoms with Gasteiger partial charge < -0.3 is 21.3 Å². The van der Waals surface area contributed by atoms with Crippen LogP contribution in [-0.2, 0) is 4.79 Å². The lowest BCUT2D eigenvalue weighted by Gasteiger charge is -2.36. The second kappa shape index (κ2) is 6.75. The molecule has 0 radical (unpaired) electrons. The van der Waals surface area contributed by atoms with Crippen molar-refractivity contribution in [1.29, 1.82) is 0 Å². The molecule has 2 aliphatic rings. The van der Waals surface area contributed by atoms with Crippen molar-refractivity contribution in [3.63, 3.8) is 0 Å². The quantitative estimate of drug-likeness (QED) is 0.675. The molecule has 0 aliphatic carbocycles. The molecule has 2 aliphatic heterocycles. The molecule has 2 fully saturated rings. The molecule has 6 nitrogen and oxygen atoms in total. The van der Waals surface area contributed by atoms with E-state index in [-0.39, 0.29) is 11.9 Å². The van der Waals surface area contributed by atoms with Crippen molar-refractivity contribution in [3.8, 4) is 0 Å². The summed E-state index contributed by atoms with van der Waals surface area (Å²) >= 11 is 0. The number of hydrogen-bond acceptors (Lipinski definition) is 3. The third-order valence-corrected chi connectivity index (χ3v) is 4.00. The Morgan fingerprint density at radius 2 is 2.11 bits per heavy atom. The van der Waals surface area contributed by atoms with Crippen LogP contribution in [-0.4, -0.2) is 49.1 Å². The lowest BCUT2D eigenvalue weighted by molar-refractivity contribution is -0.135. The Kier molecular flexibility index (Phi) is 5.01. The van der Waals surface area contributed by atoms with E-state index in [1.807, 2.05) is 4.90 Å². The average Bonchev–Trinajstić information content (AvgIpc) is 2.45. The highest BCUT2D eigenvalue weighted by Gasteiger charge is 2.29. The number of nitrogens with one attached hydrogen (secondary N) is 2. The molecule has 0 aromatic carbocycles. The highest BCUT2D eigenvalue weighted by molar-refractivity contribution is 5.82. The first-order valence-electron chi connectivity index (χ1n) is 7.22. The molecule has 0 aromatic rings. The van der Waals surface area contributed by atoms with E-state index in [1.165, 1.54) is 0 Å². The van der Waals surface area contributed by atoms with Crippen LogP contribution in [0.5, 0.6) is 0 Å². The van der Waals surface area contributed by atoms with Crippen LogP contribution in [0.1, 0.15) is 32.1 Å². The van der Waals surface area contributed by atoms with E-state index in [2.05, 4.69) is 10.6 Å². The number of carbonyl (C=O) groups is 2. The van der Waals surface area contributed by atoms with E-state index < -0.39 is 6.03 Å². The van der Waals surface area contributed by atoms with E-state index in [1.54, 1.807) is 0 Å². The molecule has 2 saturated heterocycles. The molecule has 0 bridgehead atoms. The number of nitrogens with zero attached hydrogens (tertiary/aromatic N) is 1. The Bertz CT molecular complexity index is 329. The Labute approximate surface area is 114 Å². The highest BCUT2D eigenvalue weighted by atomic mass is 16.2. The molecule has 0 saturated carbocycles. The van der Waals surface area contributed by atoms with Crippen molar-refractivity contribution >= 4 is 11.9 Å². The van der Waals surface area contributed by atoms with E-state index in [9.17, 15) is 9.59 Å². The third kappa shape index (κ3) is 4.09. The number of hydrogen-bond donors (Lipinski definition) is 3. The van der Waals surface area contributed by atoms with Crippen LogP contribution in [0.4, 0.5) is 4.79 Å². The maximum Gasteiger partial charge on any atom is 0.312 e. The SMILES string of the molecule is NC(=O)NCC1CCCN(C(=O)[C@@H]2CCCCN2)C1. The van der Waals surface area contributed by atoms with Crippen LogP contribution in [0.2, 0.25) is 0 Å². The maximum absolute atomic E-state index is 12.4. The number of piperidine rings is 2. The topological polar surface area (TPSA) is 87.5 Å². The summed E-state index contributed by atoms with van der Waals surface area (Å²) in [7, 11) is 0. The summed E-state index contributed by atoms with van der Waals surface area (Å²) in [4.78, 5) is 25.1. The molecular weight excluding hydrogens is 244 g/mol. The van der Waals surface area contributed by atoms with Crippen molar-refractivity contribution in [3.05, 3.63) is 0 Å². The standard InChI is InChI=1S/C13H24N4O2/c14-13(19)16-8-10-4-3-7-17(9-10)12(18)11-5-1-2-6-15-11/h10-11,15H,1-9H2,(H3,14,16,19)/t10?,11-/m0/s1. The molecule has 3 amide bonds. The minimum absolute atomic E-state index is 0.00315. The molecule has 2 atom stereocenters. The highest BCUT2D eigenvalue weighted by Crippen LogP contribution is 2.18. The number of primary amides is 1. The summed E-state index contributed by atoms with van der Waals surface area (Å²) in [6.45, 7) is 3.08. The second-order valence-corrected chi connectivity index (χ2v) is 5.54. The minimum Gasteiger partial charge on any atom is -0.352 e. The van der Waals surface area contributed by atoms with Gasteiger partial charge in [-0.05, 0) is 38.1 Å². The Morgan fingerprint density at radius 1 is 1.26 bits per heavy atom. The smallest absolute Gasteiger partial charge is 0.312 e. The van der Waals surface area contributed by atoms with Gasteiger partial charge in [-0.2, -0.15) is 0 Å². The first-order chi connectivity index (χ1) is 9.16. The number of likely N-dealkylation sites (tertiary alicyclic amines) is 1. The van der Waals surface area contributed by atoms with Crippen molar-refractivity contribution in [2.24, 2.45) is 11.7 Å². The molecular formula is C13H24N4O2. The van der Waals surface area contributed by atoms with Gasteiger partial charge in [0.25, 0.3) is 0 Å². The second-order valence-electron chi connectivity index (χ2n) is 5.54. The number of amides is 3. The van der Waals surface area contributed by atoms with Crippen molar-refractivity contribution in [2.75, 3.05) is 26.2 Å². The molecule has 19 heavy (non-hydrogen) atoms. The lowest BCUT2D eigenvalue weighted by atomic mass is 9.96. The molecule has 0 spiro atoms. The van der Waals surface area contributed by atoms with Gasteiger partial charge in [0, 0.05) is 19.6 Å². The lowest BCUT2D eigenvalue weighted by Crippen LogP contribution is -2.52. The molecule has 108 valence electrons. The average molecular weight is 268 g/mol. The number of rotatable bonds is 3. The fourth-order valence-corrected chi connectivity index (χ4v) is 2.96. The van der Waals surface area contributed by atoms with E-state index in [4.69, 9.17) is 5.73 Å². The van der Waals surface area contributed by atoms with Crippen molar-refractivity contribution in [2.45, 2.75) is 38.1 Å². The van der Waals surface area contributed by atoms with Crippen molar-refractivity contribution in [1.82, 2.24) is 15.5 Å². The molecule has 1 unspecified atom stereocenters. The van der Waals surface area contributed by atoms with Crippen LogP contribution in [0.25, 0.3) is 0 Å². The fourth-order valence-electron chi connectivity index (χ4n) is 2.96. The first-order valence-corrected chi connectivity index (χ1v) is 7.22. The zero-order valence-electron chi connectivity index (χ0n) is 11.4. The molecule has 2 heterocycles. The first kappa shape index (κ1) is 14.1. The summed E-state index contributed by atoms with van der Waals surface area (Å²) in [5, 5.41) is 5.94. The summed E-state index contributed by atoms with van der Waals surface area (Å²) in [5.74, 6) is 0.553. The summed E-state index contributed by atoms with van der Waals surface area (Å²) in [5.41, 5.74) is 5.08. The van der Waals surface area contributed by atoms with Crippen LogP contribution < -0.4 is 16.4 Å². The van der Waals surface area contributed by atoms with Crippen LogP contribution >= 0.6 is 0 Å². The van der Waals surface area contributed by atoms with E-state index in [0.717, 1.165) is 51.7 Å². The van der Waals surface area contributed by atoms with Gasteiger partial charge in [-0.3, -0.25) is 4.79 Å². The number of carbonyl (C=O) groups excluding carboxylic acids is 2. The van der Waals surface area contributed by atoms with Gasteiger partial charge in [0.05, 0.1) is 6.04 Å². The van der Waals surface area contributed by atoms with Gasteiger partial charge in [-0.1, -0.05) is 6.42 Å².